The van der Waals surface area contributed by atoms with Gasteiger partial charge in [-0.3, -0.25) is 4.98 Å². The molecule has 0 spiro atoms. The van der Waals surface area contributed by atoms with Crippen LogP contribution in [0.15, 0.2) is 67.1 Å². The quantitative estimate of drug-likeness (QED) is 0.578. The Morgan fingerprint density at radius 1 is 0.800 bits per heavy atom. The molecule has 0 saturated carbocycles. The zero-order chi connectivity index (χ0) is 17.2. The minimum atomic E-state index is 0.833. The molecular weight excluding hydrogens is 312 g/mol. The van der Waals surface area contributed by atoms with Crippen LogP contribution in [0.4, 0.5) is 0 Å². The van der Waals surface area contributed by atoms with Crippen molar-refractivity contribution in [3.8, 4) is 33.8 Å². The number of benzene rings is 2. The van der Waals surface area contributed by atoms with Crippen molar-refractivity contribution in [1.82, 2.24) is 9.97 Å². The van der Waals surface area contributed by atoms with Crippen LogP contribution in [0, 0.1) is 0 Å². The van der Waals surface area contributed by atoms with E-state index in [1.807, 2.05) is 55.0 Å². The van der Waals surface area contributed by atoms with Crippen LogP contribution in [0.5, 0.6) is 11.5 Å². The fraction of sp³-hybridized carbons (Fsp3) is 0.0952. The Hall–Kier alpha value is -3.27. The van der Waals surface area contributed by atoms with Crippen LogP contribution in [0.1, 0.15) is 0 Å². The fourth-order valence-electron chi connectivity index (χ4n) is 3.01. The number of nitrogens with one attached hydrogen (secondary N) is 1. The molecule has 0 radical (unpaired) electrons. The third-order valence-corrected chi connectivity index (χ3v) is 4.34. The Kier molecular flexibility index (Phi) is 3.86. The smallest absolute Gasteiger partial charge is 0.119 e. The molecule has 0 aliphatic heterocycles. The van der Waals surface area contributed by atoms with E-state index in [4.69, 9.17) is 9.47 Å². The average molecular weight is 330 g/mol. The molecule has 124 valence electrons. The molecule has 4 heteroatoms. The summed E-state index contributed by atoms with van der Waals surface area (Å²) in [6, 6.07) is 16.2. The molecule has 0 saturated heterocycles. The summed E-state index contributed by atoms with van der Waals surface area (Å²) in [5, 5.41) is 1.11. The summed E-state index contributed by atoms with van der Waals surface area (Å²) < 4.78 is 10.7. The molecule has 0 unspecified atom stereocenters. The second-order valence-electron chi connectivity index (χ2n) is 5.81. The van der Waals surface area contributed by atoms with E-state index in [-0.39, 0.29) is 0 Å². The number of ether oxygens (including phenoxy) is 2. The standard InChI is InChI=1S/C21H18N2O2/c1-24-17-5-3-4-14(9-17)15-8-16(12-22-11-15)20-13-23-21-7-6-18(25-2)10-19(20)21/h3-13,23H,1-2H3. The molecule has 0 amide bonds. The highest BCUT2D eigenvalue weighted by atomic mass is 16.5. The van der Waals surface area contributed by atoms with Crippen molar-refractivity contribution in [2.75, 3.05) is 14.2 Å². The van der Waals surface area contributed by atoms with Gasteiger partial charge in [0.1, 0.15) is 11.5 Å². The maximum absolute atomic E-state index is 5.36. The van der Waals surface area contributed by atoms with E-state index >= 15 is 0 Å². The van der Waals surface area contributed by atoms with Crippen LogP contribution in [0.2, 0.25) is 0 Å². The molecule has 0 fully saturated rings. The topological polar surface area (TPSA) is 47.1 Å². The molecule has 1 N–H and O–H groups in total. The number of aromatic amines is 1. The Labute approximate surface area is 146 Å². The molecule has 2 aromatic carbocycles. The van der Waals surface area contributed by atoms with Gasteiger partial charge in [-0.25, -0.2) is 0 Å². The lowest BCUT2D eigenvalue weighted by molar-refractivity contribution is 0.415. The highest BCUT2D eigenvalue weighted by molar-refractivity contribution is 5.96. The van der Waals surface area contributed by atoms with Crippen LogP contribution in [0.25, 0.3) is 33.2 Å². The summed E-state index contributed by atoms with van der Waals surface area (Å²) in [6.07, 6.45) is 5.76. The lowest BCUT2D eigenvalue weighted by Gasteiger charge is -2.07. The lowest BCUT2D eigenvalue weighted by atomic mass is 10.0. The molecule has 0 aliphatic carbocycles. The van der Waals surface area contributed by atoms with Gasteiger partial charge in [0.25, 0.3) is 0 Å². The monoisotopic (exact) mass is 330 g/mol. The summed E-state index contributed by atoms with van der Waals surface area (Å²) >= 11 is 0. The van der Waals surface area contributed by atoms with Gasteiger partial charge in [0.2, 0.25) is 0 Å². The van der Waals surface area contributed by atoms with E-state index in [0.29, 0.717) is 0 Å². The summed E-state index contributed by atoms with van der Waals surface area (Å²) in [5.74, 6) is 1.67. The minimum absolute atomic E-state index is 0.833. The average Bonchev–Trinajstić information content (AvgIpc) is 3.11. The van der Waals surface area contributed by atoms with E-state index in [1.165, 1.54) is 0 Å². The van der Waals surface area contributed by atoms with E-state index in [9.17, 15) is 0 Å². The van der Waals surface area contributed by atoms with E-state index in [0.717, 1.165) is 44.7 Å². The first-order valence-electron chi connectivity index (χ1n) is 8.03. The summed E-state index contributed by atoms with van der Waals surface area (Å²) in [5.41, 5.74) is 5.35. The molecule has 0 atom stereocenters. The largest absolute Gasteiger partial charge is 0.497 e. The number of nitrogens with zero attached hydrogens (tertiary/aromatic N) is 1. The third-order valence-electron chi connectivity index (χ3n) is 4.34. The predicted octanol–water partition coefficient (Wildman–Crippen LogP) is 4.91. The van der Waals surface area contributed by atoms with Crippen LogP contribution in [0.3, 0.4) is 0 Å². The molecule has 25 heavy (non-hydrogen) atoms. The second-order valence-corrected chi connectivity index (χ2v) is 5.81. The molecule has 4 rings (SSSR count). The lowest BCUT2D eigenvalue weighted by Crippen LogP contribution is -1.86. The highest BCUT2D eigenvalue weighted by Gasteiger charge is 2.09. The van der Waals surface area contributed by atoms with Gasteiger partial charge in [-0.05, 0) is 42.0 Å². The fourth-order valence-corrected chi connectivity index (χ4v) is 3.01. The van der Waals surface area contributed by atoms with Gasteiger partial charge in [-0.1, -0.05) is 12.1 Å². The minimum Gasteiger partial charge on any atom is -0.497 e. The molecule has 2 aromatic heterocycles. The Morgan fingerprint density at radius 2 is 1.60 bits per heavy atom. The van der Waals surface area contributed by atoms with Gasteiger partial charge in [0.05, 0.1) is 14.2 Å². The van der Waals surface area contributed by atoms with Crippen molar-refractivity contribution in [2.24, 2.45) is 0 Å². The van der Waals surface area contributed by atoms with Gasteiger partial charge >= 0.3 is 0 Å². The first-order chi connectivity index (χ1) is 12.3. The van der Waals surface area contributed by atoms with Crippen molar-refractivity contribution >= 4 is 10.9 Å². The molecule has 0 bridgehead atoms. The summed E-state index contributed by atoms with van der Waals surface area (Å²) in [7, 11) is 3.35. The number of hydrogen-bond donors (Lipinski definition) is 1. The van der Waals surface area contributed by atoms with E-state index < -0.39 is 0 Å². The van der Waals surface area contributed by atoms with Gasteiger partial charge in [-0.15, -0.1) is 0 Å². The van der Waals surface area contributed by atoms with Gasteiger partial charge in [0, 0.05) is 46.2 Å². The molecule has 2 heterocycles. The zero-order valence-corrected chi connectivity index (χ0v) is 14.1. The van der Waals surface area contributed by atoms with Crippen LogP contribution < -0.4 is 9.47 Å². The first-order valence-corrected chi connectivity index (χ1v) is 8.03. The zero-order valence-electron chi connectivity index (χ0n) is 14.1. The van der Waals surface area contributed by atoms with Gasteiger partial charge < -0.3 is 14.5 Å². The second kappa shape index (κ2) is 6.32. The number of hydrogen-bond acceptors (Lipinski definition) is 3. The molecular formula is C21H18N2O2. The van der Waals surface area contributed by atoms with Crippen molar-refractivity contribution in [3.05, 3.63) is 67.1 Å². The number of methoxy groups -OCH3 is 2. The number of fused-ring (bicyclic) bond motifs is 1. The number of rotatable bonds is 4. The summed E-state index contributed by atoms with van der Waals surface area (Å²) in [6.45, 7) is 0. The van der Waals surface area contributed by atoms with Crippen molar-refractivity contribution in [2.45, 2.75) is 0 Å². The Bertz CT molecular complexity index is 1040. The number of aromatic nitrogens is 2. The van der Waals surface area contributed by atoms with Crippen LogP contribution in [-0.4, -0.2) is 24.2 Å². The van der Waals surface area contributed by atoms with Gasteiger partial charge in [0.15, 0.2) is 0 Å². The maximum Gasteiger partial charge on any atom is 0.119 e. The Morgan fingerprint density at radius 3 is 2.44 bits per heavy atom. The highest BCUT2D eigenvalue weighted by Crippen LogP contribution is 2.33. The van der Waals surface area contributed by atoms with Crippen LogP contribution in [-0.2, 0) is 0 Å². The van der Waals surface area contributed by atoms with Crippen LogP contribution >= 0.6 is 0 Å². The third kappa shape index (κ3) is 2.83. The van der Waals surface area contributed by atoms with Crippen molar-refractivity contribution < 1.29 is 9.47 Å². The maximum atomic E-state index is 5.36. The van der Waals surface area contributed by atoms with Crippen molar-refractivity contribution in [3.63, 3.8) is 0 Å². The number of H-pyrrole nitrogens is 1. The van der Waals surface area contributed by atoms with Gasteiger partial charge in [-0.2, -0.15) is 0 Å². The van der Waals surface area contributed by atoms with E-state index in [2.05, 4.69) is 22.1 Å². The number of pyridine rings is 1. The first kappa shape index (κ1) is 15.3. The predicted molar refractivity (Wildman–Crippen MR) is 100 cm³/mol. The molecule has 4 aromatic rings. The SMILES string of the molecule is COc1cccc(-c2cncc(-c3c[nH]c4ccc(OC)cc34)c2)c1. The summed E-state index contributed by atoms with van der Waals surface area (Å²) in [4.78, 5) is 7.75. The van der Waals surface area contributed by atoms with Crippen molar-refractivity contribution in [1.29, 1.82) is 0 Å². The normalized spacial score (nSPS) is 10.8. The molecule has 4 nitrogen and oxygen atoms in total. The molecule has 0 aliphatic rings. The Balaban J connectivity index is 1.82. The van der Waals surface area contributed by atoms with E-state index in [1.54, 1.807) is 14.2 Å².